The number of nitriles is 1. The van der Waals surface area contributed by atoms with Gasteiger partial charge in [-0.3, -0.25) is 0 Å². The fraction of sp³-hybridized carbons (Fsp3) is 0.286. The van der Waals surface area contributed by atoms with E-state index in [2.05, 4.69) is 9.97 Å². The minimum absolute atomic E-state index is 0.159. The monoisotopic (exact) mass is 197 g/mol. The third-order valence-electron chi connectivity index (χ3n) is 1.32. The fourth-order valence-corrected chi connectivity index (χ4v) is 1.55. The molecule has 0 aliphatic carbocycles. The van der Waals surface area contributed by atoms with E-state index in [1.165, 1.54) is 6.20 Å². The zero-order valence-electron chi connectivity index (χ0n) is 7.14. The number of rotatable bonds is 1. The van der Waals surface area contributed by atoms with Crippen molar-refractivity contribution in [2.45, 2.75) is 11.9 Å². The van der Waals surface area contributed by atoms with Crippen LogP contribution in [0, 0.1) is 18.3 Å². The first-order valence-corrected chi connectivity index (χ1v) is 5.28. The van der Waals surface area contributed by atoms with Crippen LogP contribution in [-0.4, -0.2) is 24.6 Å². The molecule has 1 aromatic rings. The van der Waals surface area contributed by atoms with Crippen molar-refractivity contribution in [1.29, 1.82) is 5.26 Å². The molecule has 0 radical (unpaired) electrons. The third kappa shape index (κ3) is 2.00. The molecule has 5 nitrogen and oxygen atoms in total. The predicted molar refractivity (Wildman–Crippen MR) is 44.6 cm³/mol. The van der Waals surface area contributed by atoms with Crippen LogP contribution >= 0.6 is 0 Å². The Labute approximate surface area is 76.0 Å². The lowest BCUT2D eigenvalue weighted by Gasteiger charge is -1.99. The van der Waals surface area contributed by atoms with E-state index in [0.29, 0.717) is 5.69 Å². The summed E-state index contributed by atoms with van der Waals surface area (Å²) in [4.78, 5) is 7.40. The molecule has 0 spiro atoms. The zero-order valence-corrected chi connectivity index (χ0v) is 7.96. The molecule has 68 valence electrons. The smallest absolute Gasteiger partial charge is 0.195 e. The van der Waals surface area contributed by atoms with E-state index in [4.69, 9.17) is 5.26 Å². The number of sulfone groups is 1. The van der Waals surface area contributed by atoms with E-state index in [1.807, 2.05) is 0 Å². The Bertz CT molecular complexity index is 473. The molecule has 1 rings (SSSR count). The van der Waals surface area contributed by atoms with Crippen molar-refractivity contribution in [2.24, 2.45) is 0 Å². The van der Waals surface area contributed by atoms with Crippen LogP contribution in [0.4, 0.5) is 0 Å². The zero-order chi connectivity index (χ0) is 10.1. The molecule has 0 unspecified atom stereocenters. The Morgan fingerprint density at radius 2 is 2.15 bits per heavy atom. The van der Waals surface area contributed by atoms with Gasteiger partial charge in [0.2, 0.25) is 0 Å². The van der Waals surface area contributed by atoms with Gasteiger partial charge in [-0.05, 0) is 6.92 Å². The molecule has 0 aliphatic heterocycles. The Morgan fingerprint density at radius 1 is 1.54 bits per heavy atom. The number of aromatic nitrogens is 2. The molecule has 0 atom stereocenters. The molecule has 0 N–H and O–H groups in total. The first-order valence-electron chi connectivity index (χ1n) is 3.39. The summed E-state index contributed by atoms with van der Waals surface area (Å²) in [6.07, 6.45) is 2.35. The van der Waals surface area contributed by atoms with Gasteiger partial charge in [0.25, 0.3) is 0 Å². The van der Waals surface area contributed by atoms with Gasteiger partial charge < -0.3 is 0 Å². The summed E-state index contributed by atoms with van der Waals surface area (Å²) < 4.78 is 22.2. The lowest BCUT2D eigenvalue weighted by molar-refractivity contribution is 0.596. The van der Waals surface area contributed by atoms with Crippen molar-refractivity contribution < 1.29 is 8.42 Å². The first-order chi connectivity index (χ1) is 5.95. The molecule has 0 fully saturated rings. The maximum atomic E-state index is 11.1. The molecule has 6 heteroatoms. The second-order valence-electron chi connectivity index (χ2n) is 2.55. The first kappa shape index (κ1) is 9.61. The van der Waals surface area contributed by atoms with Crippen LogP contribution in [0.5, 0.6) is 0 Å². The molecule has 1 aromatic heterocycles. The standard InChI is InChI=1S/C7H7N3O2S/c1-5-4-9-6(3-8)7(10-5)13(2,11)12/h4H,1-2H3. The highest BCUT2D eigenvalue weighted by atomic mass is 32.2. The van der Waals surface area contributed by atoms with Gasteiger partial charge in [-0.15, -0.1) is 0 Å². The van der Waals surface area contributed by atoms with Gasteiger partial charge in [0, 0.05) is 12.5 Å². The SMILES string of the molecule is Cc1cnc(C#N)c(S(C)(=O)=O)n1. The van der Waals surface area contributed by atoms with Gasteiger partial charge in [0.05, 0.1) is 5.69 Å². The van der Waals surface area contributed by atoms with Crippen LogP contribution in [-0.2, 0) is 9.84 Å². The normalized spacial score (nSPS) is 10.8. The largest absolute Gasteiger partial charge is 0.241 e. The second kappa shape index (κ2) is 3.11. The van der Waals surface area contributed by atoms with Gasteiger partial charge in [-0.25, -0.2) is 18.4 Å². The molecule has 0 saturated heterocycles. The van der Waals surface area contributed by atoms with E-state index in [9.17, 15) is 8.42 Å². The lowest BCUT2D eigenvalue weighted by atomic mass is 10.4. The van der Waals surface area contributed by atoms with E-state index in [0.717, 1.165) is 6.26 Å². The summed E-state index contributed by atoms with van der Waals surface area (Å²) >= 11 is 0. The van der Waals surface area contributed by atoms with Crippen molar-refractivity contribution in [2.75, 3.05) is 6.26 Å². The quantitative estimate of drug-likeness (QED) is 0.635. The molecule has 0 bridgehead atoms. The van der Waals surface area contributed by atoms with E-state index in [-0.39, 0.29) is 10.7 Å². The van der Waals surface area contributed by atoms with Crippen LogP contribution in [0.3, 0.4) is 0 Å². The van der Waals surface area contributed by atoms with E-state index < -0.39 is 9.84 Å². The summed E-state index contributed by atoms with van der Waals surface area (Å²) in [5, 5.41) is 8.30. The molecular formula is C7H7N3O2S. The second-order valence-corrected chi connectivity index (χ2v) is 4.48. The van der Waals surface area contributed by atoms with Crippen molar-refractivity contribution in [3.05, 3.63) is 17.6 Å². The van der Waals surface area contributed by atoms with Crippen molar-refractivity contribution in [3.63, 3.8) is 0 Å². The highest BCUT2D eigenvalue weighted by Crippen LogP contribution is 2.09. The average molecular weight is 197 g/mol. The lowest BCUT2D eigenvalue weighted by Crippen LogP contribution is -2.06. The van der Waals surface area contributed by atoms with E-state index >= 15 is 0 Å². The Morgan fingerprint density at radius 3 is 2.62 bits per heavy atom. The Balaban J connectivity index is 3.53. The number of nitrogens with zero attached hydrogens (tertiary/aromatic N) is 3. The van der Waals surface area contributed by atoms with Crippen molar-refractivity contribution >= 4 is 9.84 Å². The molecular weight excluding hydrogens is 190 g/mol. The molecule has 1 heterocycles. The number of aryl methyl sites for hydroxylation is 1. The van der Waals surface area contributed by atoms with Gasteiger partial charge in [-0.1, -0.05) is 0 Å². The van der Waals surface area contributed by atoms with Gasteiger partial charge >= 0.3 is 0 Å². The summed E-state index contributed by atoms with van der Waals surface area (Å²) in [5.41, 5.74) is 0.313. The average Bonchev–Trinajstić information content (AvgIpc) is 2.03. The van der Waals surface area contributed by atoms with Crippen molar-refractivity contribution in [1.82, 2.24) is 9.97 Å². The minimum atomic E-state index is -3.46. The molecule has 13 heavy (non-hydrogen) atoms. The number of hydrogen-bond donors (Lipinski definition) is 0. The third-order valence-corrected chi connectivity index (χ3v) is 2.31. The molecule has 0 saturated carbocycles. The number of hydrogen-bond acceptors (Lipinski definition) is 5. The highest BCUT2D eigenvalue weighted by molar-refractivity contribution is 7.90. The Hall–Kier alpha value is -1.48. The van der Waals surface area contributed by atoms with Crippen LogP contribution in [0.2, 0.25) is 0 Å². The molecule has 0 amide bonds. The highest BCUT2D eigenvalue weighted by Gasteiger charge is 2.16. The van der Waals surface area contributed by atoms with E-state index in [1.54, 1.807) is 13.0 Å². The maximum absolute atomic E-state index is 11.1. The molecule has 0 aliphatic rings. The summed E-state index contributed by atoms with van der Waals surface area (Å²) in [5.74, 6) is 0. The minimum Gasteiger partial charge on any atom is -0.241 e. The van der Waals surface area contributed by atoms with Crippen LogP contribution in [0.15, 0.2) is 11.2 Å². The van der Waals surface area contributed by atoms with Crippen molar-refractivity contribution in [3.8, 4) is 6.07 Å². The summed E-state index contributed by atoms with van der Waals surface area (Å²) in [6, 6.07) is 1.68. The van der Waals surface area contributed by atoms with Crippen LogP contribution in [0.25, 0.3) is 0 Å². The molecule has 0 aromatic carbocycles. The van der Waals surface area contributed by atoms with Gasteiger partial charge in [-0.2, -0.15) is 5.26 Å². The van der Waals surface area contributed by atoms with Crippen LogP contribution in [0.1, 0.15) is 11.4 Å². The Kier molecular flexibility index (Phi) is 2.30. The van der Waals surface area contributed by atoms with Gasteiger partial charge in [0.15, 0.2) is 20.6 Å². The maximum Gasteiger partial charge on any atom is 0.195 e. The summed E-state index contributed by atoms with van der Waals surface area (Å²) in [6.45, 7) is 1.61. The van der Waals surface area contributed by atoms with Crippen LogP contribution < -0.4 is 0 Å². The summed E-state index contributed by atoms with van der Waals surface area (Å²) in [7, 11) is -3.46. The fourth-order valence-electron chi connectivity index (χ4n) is 0.790. The van der Waals surface area contributed by atoms with Gasteiger partial charge in [0.1, 0.15) is 6.07 Å². The topological polar surface area (TPSA) is 83.7 Å². The predicted octanol–water partition coefficient (Wildman–Crippen LogP) is 0.0602.